The van der Waals surface area contributed by atoms with Crippen molar-refractivity contribution >= 4 is 23.3 Å². The van der Waals surface area contributed by atoms with Crippen molar-refractivity contribution in [3.05, 3.63) is 21.9 Å². The van der Waals surface area contributed by atoms with E-state index in [4.69, 9.17) is 4.74 Å². The Morgan fingerprint density at radius 1 is 1.28 bits per heavy atom. The largest absolute Gasteiger partial charge is 0.442 e. The minimum absolute atomic E-state index is 0.0351. The van der Waals surface area contributed by atoms with Crippen molar-refractivity contribution in [2.75, 3.05) is 26.2 Å². The van der Waals surface area contributed by atoms with E-state index in [9.17, 15) is 9.59 Å². The molecule has 1 aromatic heterocycles. The number of thiophene rings is 1. The maximum atomic E-state index is 12.3. The van der Waals surface area contributed by atoms with E-state index in [1.54, 1.807) is 11.8 Å². The lowest BCUT2D eigenvalue weighted by atomic mass is 10.0. The third kappa shape index (κ3) is 3.27. The van der Waals surface area contributed by atoms with Crippen LogP contribution >= 0.6 is 11.3 Å². The molecule has 25 heavy (non-hydrogen) atoms. The van der Waals surface area contributed by atoms with Gasteiger partial charge >= 0.3 is 6.09 Å². The Kier molecular flexibility index (Phi) is 4.45. The maximum Gasteiger partial charge on any atom is 0.410 e. The molecule has 136 valence electrons. The summed E-state index contributed by atoms with van der Waals surface area (Å²) in [5.41, 5.74) is 0. The van der Waals surface area contributed by atoms with E-state index in [1.807, 2.05) is 16.2 Å². The quantitative estimate of drug-likeness (QED) is 0.825. The van der Waals surface area contributed by atoms with Gasteiger partial charge in [0.15, 0.2) is 0 Å². The molecule has 7 heteroatoms. The van der Waals surface area contributed by atoms with E-state index in [2.05, 4.69) is 24.0 Å². The molecular formula is C18H25N3O3S. The molecule has 0 aromatic carbocycles. The fraction of sp³-hybridized carbons (Fsp3) is 0.667. The maximum absolute atomic E-state index is 12.3. The normalized spacial score (nSPS) is 27.7. The Balaban J connectivity index is 1.35. The lowest BCUT2D eigenvalue weighted by Gasteiger charge is -2.37. The Hall–Kier alpha value is -1.60. The van der Waals surface area contributed by atoms with Crippen molar-refractivity contribution in [2.24, 2.45) is 0 Å². The highest BCUT2D eigenvalue weighted by atomic mass is 32.1. The number of nitrogens with zero attached hydrogens (tertiary/aromatic N) is 3. The number of amides is 2. The van der Waals surface area contributed by atoms with Crippen LogP contribution in [0.3, 0.4) is 0 Å². The van der Waals surface area contributed by atoms with Gasteiger partial charge in [-0.3, -0.25) is 14.6 Å². The molecule has 0 aliphatic carbocycles. The summed E-state index contributed by atoms with van der Waals surface area (Å²) >= 11 is 1.86. The molecule has 2 amide bonds. The first kappa shape index (κ1) is 16.8. The molecule has 0 N–H and O–H groups in total. The van der Waals surface area contributed by atoms with Crippen molar-refractivity contribution in [1.82, 2.24) is 14.7 Å². The lowest BCUT2D eigenvalue weighted by Crippen LogP contribution is -2.50. The minimum Gasteiger partial charge on any atom is -0.442 e. The van der Waals surface area contributed by atoms with Crippen LogP contribution in [0.5, 0.6) is 0 Å². The molecule has 1 aromatic rings. The summed E-state index contributed by atoms with van der Waals surface area (Å²) in [6, 6.07) is 4.65. The summed E-state index contributed by atoms with van der Waals surface area (Å²) < 4.78 is 5.54. The smallest absolute Gasteiger partial charge is 0.410 e. The van der Waals surface area contributed by atoms with Gasteiger partial charge in [-0.05, 0) is 31.9 Å². The van der Waals surface area contributed by atoms with Gasteiger partial charge in [0.05, 0.1) is 12.6 Å². The Labute approximate surface area is 152 Å². The average molecular weight is 363 g/mol. The van der Waals surface area contributed by atoms with Gasteiger partial charge in [-0.15, -0.1) is 11.3 Å². The molecular weight excluding hydrogens is 338 g/mol. The van der Waals surface area contributed by atoms with Crippen LogP contribution in [0.25, 0.3) is 0 Å². The van der Waals surface area contributed by atoms with E-state index in [0.29, 0.717) is 13.1 Å². The molecule has 0 bridgehead atoms. The summed E-state index contributed by atoms with van der Waals surface area (Å²) in [6.45, 7) is 7.87. The van der Waals surface area contributed by atoms with Crippen LogP contribution in [0, 0.1) is 6.92 Å². The first-order valence-electron chi connectivity index (χ1n) is 9.03. The number of hydrogen-bond acceptors (Lipinski definition) is 5. The number of likely N-dealkylation sites (tertiary alicyclic amines) is 2. The van der Waals surface area contributed by atoms with Crippen molar-refractivity contribution in [3.63, 3.8) is 0 Å². The Morgan fingerprint density at radius 3 is 2.68 bits per heavy atom. The zero-order chi connectivity index (χ0) is 17.6. The first-order chi connectivity index (χ1) is 12.0. The summed E-state index contributed by atoms with van der Waals surface area (Å²) in [4.78, 5) is 32.9. The molecule has 0 saturated carbocycles. The van der Waals surface area contributed by atoms with Crippen LogP contribution in [-0.2, 0) is 16.1 Å². The second-order valence-electron chi connectivity index (χ2n) is 7.34. The Bertz CT molecular complexity index is 668. The van der Waals surface area contributed by atoms with E-state index in [0.717, 1.165) is 32.5 Å². The number of hydrogen-bond donors (Lipinski definition) is 0. The van der Waals surface area contributed by atoms with Crippen LogP contribution in [0.1, 0.15) is 29.5 Å². The van der Waals surface area contributed by atoms with Crippen molar-refractivity contribution in [1.29, 1.82) is 0 Å². The first-order valence-corrected chi connectivity index (χ1v) is 9.85. The van der Waals surface area contributed by atoms with Gasteiger partial charge in [-0.1, -0.05) is 0 Å². The third-order valence-electron chi connectivity index (χ3n) is 5.63. The molecule has 4 rings (SSSR count). The molecule has 0 radical (unpaired) electrons. The Morgan fingerprint density at radius 2 is 2.04 bits per heavy atom. The van der Waals surface area contributed by atoms with E-state index in [-0.39, 0.29) is 30.2 Å². The number of carbonyl (C=O) groups is 2. The van der Waals surface area contributed by atoms with Gasteiger partial charge in [0.2, 0.25) is 5.91 Å². The summed E-state index contributed by atoms with van der Waals surface area (Å²) in [5.74, 6) is 0.0615. The number of carbonyl (C=O) groups excluding carboxylic acids is 2. The lowest BCUT2D eigenvalue weighted by molar-refractivity contribution is -0.128. The number of aryl methyl sites for hydroxylation is 1. The fourth-order valence-electron chi connectivity index (χ4n) is 4.29. The molecule has 0 spiro atoms. The van der Waals surface area contributed by atoms with Crippen LogP contribution in [0.15, 0.2) is 12.1 Å². The second kappa shape index (κ2) is 6.61. The highest BCUT2D eigenvalue weighted by molar-refractivity contribution is 7.11. The molecule has 6 nitrogen and oxygen atoms in total. The van der Waals surface area contributed by atoms with Crippen molar-refractivity contribution in [3.8, 4) is 0 Å². The highest BCUT2D eigenvalue weighted by Crippen LogP contribution is 2.32. The standard InChI is InChI=1S/C18H25N3O3S/c1-12-3-4-15(25-12)9-19-7-5-14(6-8-19)21-16-10-20(13(2)22)11-17(16)24-18(21)23/h3-4,14,16-17H,5-11H2,1-2H3/t16-,17+/m1/s1. The minimum atomic E-state index is -0.189. The molecule has 2 atom stereocenters. The molecule has 3 aliphatic heterocycles. The number of ether oxygens (including phenoxy) is 1. The van der Waals surface area contributed by atoms with Crippen LogP contribution in [0.4, 0.5) is 4.79 Å². The zero-order valence-corrected chi connectivity index (χ0v) is 15.6. The van der Waals surface area contributed by atoms with E-state index in [1.165, 1.54) is 9.75 Å². The molecule has 3 fully saturated rings. The van der Waals surface area contributed by atoms with E-state index >= 15 is 0 Å². The number of piperidine rings is 1. The summed E-state index contributed by atoms with van der Waals surface area (Å²) in [6.07, 6.45) is 1.61. The molecule has 4 heterocycles. The number of rotatable bonds is 3. The predicted octanol–water partition coefficient (Wildman–Crippen LogP) is 2.07. The SMILES string of the molecule is CC(=O)N1C[C@@H]2OC(=O)N(C3CCN(Cc4ccc(C)s4)CC3)[C@@H]2C1. The molecule has 0 unspecified atom stereocenters. The van der Waals surface area contributed by atoms with Crippen LogP contribution in [-0.4, -0.2) is 71.1 Å². The predicted molar refractivity (Wildman–Crippen MR) is 95.5 cm³/mol. The second-order valence-corrected chi connectivity index (χ2v) is 8.71. The summed E-state index contributed by atoms with van der Waals surface area (Å²) in [7, 11) is 0. The van der Waals surface area contributed by atoms with Crippen LogP contribution in [0.2, 0.25) is 0 Å². The zero-order valence-electron chi connectivity index (χ0n) is 14.8. The van der Waals surface area contributed by atoms with Gasteiger partial charge in [0.1, 0.15) is 6.10 Å². The van der Waals surface area contributed by atoms with Gasteiger partial charge in [0.25, 0.3) is 0 Å². The van der Waals surface area contributed by atoms with Crippen LogP contribution < -0.4 is 0 Å². The fourth-order valence-corrected chi connectivity index (χ4v) is 5.22. The molecule has 3 saturated heterocycles. The molecule has 3 aliphatic rings. The third-order valence-corrected chi connectivity index (χ3v) is 6.61. The average Bonchev–Trinajstić information content (AvgIpc) is 3.23. The topological polar surface area (TPSA) is 53.1 Å². The van der Waals surface area contributed by atoms with Crippen molar-refractivity contribution in [2.45, 2.75) is 51.4 Å². The van der Waals surface area contributed by atoms with Crippen molar-refractivity contribution < 1.29 is 14.3 Å². The van der Waals surface area contributed by atoms with E-state index < -0.39 is 0 Å². The number of fused-ring (bicyclic) bond motifs is 1. The summed E-state index contributed by atoms with van der Waals surface area (Å²) in [5, 5.41) is 0. The van der Waals surface area contributed by atoms with Gasteiger partial charge in [0, 0.05) is 48.9 Å². The highest BCUT2D eigenvalue weighted by Gasteiger charge is 2.50. The van der Waals surface area contributed by atoms with Gasteiger partial charge < -0.3 is 9.64 Å². The van der Waals surface area contributed by atoms with Gasteiger partial charge in [-0.2, -0.15) is 0 Å². The monoisotopic (exact) mass is 363 g/mol. The van der Waals surface area contributed by atoms with Gasteiger partial charge in [-0.25, -0.2) is 4.79 Å².